The molecule has 1 saturated carbocycles. The highest BCUT2D eigenvalue weighted by Crippen LogP contribution is 2.31. The van der Waals surface area contributed by atoms with Crippen molar-refractivity contribution in [2.45, 2.75) is 52.1 Å². The highest BCUT2D eigenvalue weighted by molar-refractivity contribution is 6.30. The summed E-state index contributed by atoms with van der Waals surface area (Å²) in [5.74, 6) is 0. The molecule has 1 aliphatic rings. The van der Waals surface area contributed by atoms with E-state index in [9.17, 15) is 0 Å². The van der Waals surface area contributed by atoms with E-state index in [1.165, 1.54) is 36.9 Å². The molecule has 1 fully saturated rings. The number of halogens is 1. The SMILES string of the molecule is CCNCc1cc(Cl)ccc1N(CC)C1CCCC1. The first kappa shape index (κ1) is 14.7. The van der Waals surface area contributed by atoms with Gasteiger partial charge in [-0.05, 0) is 50.1 Å². The van der Waals surface area contributed by atoms with E-state index >= 15 is 0 Å². The molecular weight excluding hydrogens is 256 g/mol. The molecule has 0 atom stereocenters. The van der Waals surface area contributed by atoms with Crippen molar-refractivity contribution < 1.29 is 0 Å². The van der Waals surface area contributed by atoms with Crippen molar-refractivity contribution in [2.24, 2.45) is 0 Å². The second-order valence-electron chi connectivity index (χ2n) is 5.28. The molecule has 0 unspecified atom stereocenters. The summed E-state index contributed by atoms with van der Waals surface area (Å²) < 4.78 is 0. The van der Waals surface area contributed by atoms with E-state index in [4.69, 9.17) is 11.6 Å². The van der Waals surface area contributed by atoms with E-state index in [0.717, 1.165) is 24.7 Å². The summed E-state index contributed by atoms with van der Waals surface area (Å²) in [7, 11) is 0. The first-order valence-electron chi connectivity index (χ1n) is 7.52. The van der Waals surface area contributed by atoms with Gasteiger partial charge in [-0.2, -0.15) is 0 Å². The zero-order chi connectivity index (χ0) is 13.7. The normalized spacial score (nSPS) is 15.9. The van der Waals surface area contributed by atoms with Gasteiger partial charge in [0.2, 0.25) is 0 Å². The van der Waals surface area contributed by atoms with Crippen LogP contribution in [0, 0.1) is 0 Å². The van der Waals surface area contributed by atoms with Gasteiger partial charge in [0.1, 0.15) is 0 Å². The molecule has 3 heteroatoms. The molecule has 0 amide bonds. The molecule has 0 heterocycles. The van der Waals surface area contributed by atoms with Gasteiger partial charge in [-0.3, -0.25) is 0 Å². The Morgan fingerprint density at radius 3 is 2.63 bits per heavy atom. The van der Waals surface area contributed by atoms with Gasteiger partial charge in [0.05, 0.1) is 0 Å². The highest BCUT2D eigenvalue weighted by atomic mass is 35.5. The van der Waals surface area contributed by atoms with Crippen LogP contribution in [0.15, 0.2) is 18.2 Å². The molecule has 0 aliphatic heterocycles. The number of anilines is 1. The summed E-state index contributed by atoms with van der Waals surface area (Å²) in [5.41, 5.74) is 2.68. The summed E-state index contributed by atoms with van der Waals surface area (Å²) in [5, 5.41) is 4.25. The maximum absolute atomic E-state index is 6.16. The molecular formula is C16H25ClN2. The third-order valence-corrected chi connectivity index (χ3v) is 4.26. The minimum Gasteiger partial charge on any atom is -0.369 e. The van der Waals surface area contributed by atoms with Crippen LogP contribution in [0.2, 0.25) is 5.02 Å². The van der Waals surface area contributed by atoms with Crippen LogP contribution in [0.4, 0.5) is 5.69 Å². The lowest BCUT2D eigenvalue weighted by atomic mass is 10.1. The summed E-state index contributed by atoms with van der Waals surface area (Å²) in [6, 6.07) is 7.03. The minimum absolute atomic E-state index is 0.714. The zero-order valence-corrected chi connectivity index (χ0v) is 12.8. The second-order valence-corrected chi connectivity index (χ2v) is 5.71. The topological polar surface area (TPSA) is 15.3 Å². The number of nitrogens with zero attached hydrogens (tertiary/aromatic N) is 1. The average Bonchev–Trinajstić information content (AvgIpc) is 2.93. The Bertz CT molecular complexity index is 400. The van der Waals surface area contributed by atoms with E-state index in [0.29, 0.717) is 6.04 Å². The Morgan fingerprint density at radius 1 is 1.26 bits per heavy atom. The van der Waals surface area contributed by atoms with Crippen molar-refractivity contribution in [1.29, 1.82) is 0 Å². The van der Waals surface area contributed by atoms with Gasteiger partial charge in [-0.25, -0.2) is 0 Å². The number of hydrogen-bond donors (Lipinski definition) is 1. The molecule has 2 nitrogen and oxygen atoms in total. The quantitative estimate of drug-likeness (QED) is 0.839. The van der Waals surface area contributed by atoms with Crippen molar-refractivity contribution >= 4 is 17.3 Å². The lowest BCUT2D eigenvalue weighted by Gasteiger charge is -2.32. The summed E-state index contributed by atoms with van der Waals surface area (Å²) in [4.78, 5) is 2.57. The van der Waals surface area contributed by atoms with Crippen LogP contribution >= 0.6 is 11.6 Å². The van der Waals surface area contributed by atoms with E-state index in [1.54, 1.807) is 0 Å². The monoisotopic (exact) mass is 280 g/mol. The average molecular weight is 281 g/mol. The molecule has 1 N–H and O–H groups in total. The molecule has 19 heavy (non-hydrogen) atoms. The van der Waals surface area contributed by atoms with E-state index in [1.807, 2.05) is 6.07 Å². The Labute approximate surface area is 122 Å². The lowest BCUT2D eigenvalue weighted by Crippen LogP contribution is -2.34. The zero-order valence-electron chi connectivity index (χ0n) is 12.1. The van der Waals surface area contributed by atoms with Gasteiger partial charge in [0, 0.05) is 29.8 Å². The molecule has 0 saturated heterocycles. The molecule has 2 rings (SSSR count). The number of nitrogens with one attached hydrogen (secondary N) is 1. The van der Waals surface area contributed by atoms with E-state index < -0.39 is 0 Å². The van der Waals surface area contributed by atoms with Crippen LogP contribution in [0.1, 0.15) is 45.1 Å². The Morgan fingerprint density at radius 2 is 2.00 bits per heavy atom. The van der Waals surface area contributed by atoms with E-state index in [2.05, 4.69) is 36.2 Å². The summed E-state index contributed by atoms with van der Waals surface area (Å²) >= 11 is 6.16. The summed E-state index contributed by atoms with van der Waals surface area (Å²) in [6.45, 7) is 7.35. The molecule has 1 aromatic rings. The van der Waals surface area contributed by atoms with Crippen LogP contribution < -0.4 is 10.2 Å². The van der Waals surface area contributed by atoms with Crippen LogP contribution in [0.3, 0.4) is 0 Å². The number of hydrogen-bond acceptors (Lipinski definition) is 2. The lowest BCUT2D eigenvalue weighted by molar-refractivity contribution is 0.614. The fraction of sp³-hybridized carbons (Fsp3) is 0.625. The molecule has 106 valence electrons. The highest BCUT2D eigenvalue weighted by Gasteiger charge is 2.23. The van der Waals surface area contributed by atoms with Crippen LogP contribution in [-0.4, -0.2) is 19.1 Å². The molecule has 1 aliphatic carbocycles. The van der Waals surface area contributed by atoms with Crippen molar-refractivity contribution in [3.63, 3.8) is 0 Å². The maximum Gasteiger partial charge on any atom is 0.0415 e. The van der Waals surface area contributed by atoms with Crippen molar-refractivity contribution in [1.82, 2.24) is 5.32 Å². The first-order valence-corrected chi connectivity index (χ1v) is 7.89. The Balaban J connectivity index is 2.24. The number of benzene rings is 1. The molecule has 0 bridgehead atoms. The van der Waals surface area contributed by atoms with Gasteiger partial charge in [-0.1, -0.05) is 31.4 Å². The van der Waals surface area contributed by atoms with Crippen LogP contribution in [0.5, 0.6) is 0 Å². The van der Waals surface area contributed by atoms with Gasteiger partial charge in [0.15, 0.2) is 0 Å². The molecule has 1 aromatic carbocycles. The fourth-order valence-corrected chi connectivity index (χ4v) is 3.27. The molecule has 0 radical (unpaired) electrons. The largest absolute Gasteiger partial charge is 0.369 e. The van der Waals surface area contributed by atoms with Crippen molar-refractivity contribution in [3.8, 4) is 0 Å². The second kappa shape index (κ2) is 7.16. The third-order valence-electron chi connectivity index (χ3n) is 4.02. The van der Waals surface area contributed by atoms with Gasteiger partial charge < -0.3 is 10.2 Å². The van der Waals surface area contributed by atoms with Crippen LogP contribution in [0.25, 0.3) is 0 Å². The van der Waals surface area contributed by atoms with Crippen LogP contribution in [-0.2, 0) is 6.54 Å². The molecule has 0 spiro atoms. The smallest absolute Gasteiger partial charge is 0.0415 e. The van der Waals surface area contributed by atoms with Gasteiger partial charge in [-0.15, -0.1) is 0 Å². The summed E-state index contributed by atoms with van der Waals surface area (Å²) in [6.07, 6.45) is 5.41. The third kappa shape index (κ3) is 3.64. The molecule has 0 aromatic heterocycles. The van der Waals surface area contributed by atoms with Gasteiger partial charge >= 0.3 is 0 Å². The standard InChI is InChI=1S/C16H25ClN2/c1-3-18-12-13-11-14(17)9-10-16(13)19(4-2)15-7-5-6-8-15/h9-11,15,18H,3-8,12H2,1-2H3. The predicted molar refractivity (Wildman–Crippen MR) is 84.1 cm³/mol. The Hall–Kier alpha value is -0.730. The maximum atomic E-state index is 6.16. The minimum atomic E-state index is 0.714. The van der Waals surface area contributed by atoms with E-state index in [-0.39, 0.29) is 0 Å². The predicted octanol–water partition coefficient (Wildman–Crippen LogP) is 4.22. The van der Waals surface area contributed by atoms with Gasteiger partial charge in [0.25, 0.3) is 0 Å². The Kier molecular flexibility index (Phi) is 5.53. The first-order chi connectivity index (χ1) is 9.26. The number of rotatable bonds is 6. The van der Waals surface area contributed by atoms with Crippen molar-refractivity contribution in [3.05, 3.63) is 28.8 Å². The van der Waals surface area contributed by atoms with Crippen molar-refractivity contribution in [2.75, 3.05) is 18.0 Å². The fourth-order valence-electron chi connectivity index (χ4n) is 3.08.